The molecule has 0 unspecified atom stereocenters. The minimum absolute atomic E-state index is 0.0727. The van der Waals surface area contributed by atoms with E-state index in [-0.39, 0.29) is 22.4 Å². The minimum Gasteiger partial charge on any atom is -0.478 e. The first-order valence-corrected chi connectivity index (χ1v) is 8.13. The Bertz CT molecular complexity index is 1240. The van der Waals surface area contributed by atoms with Crippen LogP contribution < -0.4 is 0 Å². The van der Waals surface area contributed by atoms with Gasteiger partial charge in [0.1, 0.15) is 0 Å². The molecule has 1 heterocycles. The highest BCUT2D eigenvalue weighted by molar-refractivity contribution is 5.97. The van der Waals surface area contributed by atoms with Crippen molar-refractivity contribution in [1.29, 1.82) is 10.5 Å². The second-order valence-electron chi connectivity index (χ2n) is 5.79. The largest absolute Gasteiger partial charge is 0.478 e. The molecule has 132 valence electrons. The molecule has 28 heavy (non-hydrogen) atoms. The highest BCUT2D eigenvalue weighted by Crippen LogP contribution is 2.30. The van der Waals surface area contributed by atoms with Crippen LogP contribution in [-0.4, -0.2) is 16.1 Å². The van der Waals surface area contributed by atoms with Crippen LogP contribution >= 0.6 is 0 Å². The molecule has 0 aliphatic carbocycles. The van der Waals surface area contributed by atoms with Crippen molar-refractivity contribution in [2.45, 2.75) is 0 Å². The summed E-state index contributed by atoms with van der Waals surface area (Å²) in [5.41, 5.74) is 2.20. The zero-order valence-electron chi connectivity index (χ0n) is 14.5. The maximum absolute atomic E-state index is 11.1. The first-order valence-electron chi connectivity index (χ1n) is 8.13. The highest BCUT2D eigenvalue weighted by atomic mass is 16.4. The second-order valence-corrected chi connectivity index (χ2v) is 5.79. The lowest BCUT2D eigenvalue weighted by Gasteiger charge is -2.08. The number of H-pyrrole nitrogens is 1. The topological polar surface area (TPSA) is 105 Å². The number of carboxylic acids is 1. The van der Waals surface area contributed by atoms with Crippen LogP contribution in [0.3, 0.4) is 0 Å². The van der Waals surface area contributed by atoms with E-state index >= 15 is 0 Å². The summed E-state index contributed by atoms with van der Waals surface area (Å²) in [6, 6.07) is 17.2. The Labute approximate surface area is 160 Å². The molecule has 0 amide bonds. The fraction of sp³-hybridized carbons (Fsp3) is 0. The minimum atomic E-state index is -1.09. The van der Waals surface area contributed by atoms with E-state index in [9.17, 15) is 15.3 Å². The number of carboxylic acid groups (broad SMARTS) is 1. The van der Waals surface area contributed by atoms with Gasteiger partial charge in [0.15, 0.2) is 0 Å². The van der Waals surface area contributed by atoms with Crippen LogP contribution in [0.4, 0.5) is 0 Å². The molecule has 0 saturated heterocycles. The number of aromatic carboxylic acids is 1. The number of nitrogens with zero attached hydrogens (tertiary/aromatic N) is 3. The average Bonchev–Trinajstić information content (AvgIpc) is 3.13. The Morgan fingerprint density at radius 3 is 2.36 bits per heavy atom. The Morgan fingerprint density at radius 1 is 1.07 bits per heavy atom. The lowest BCUT2D eigenvalue weighted by molar-refractivity contribution is 0.0697. The van der Waals surface area contributed by atoms with Crippen molar-refractivity contribution in [3.63, 3.8) is 0 Å². The zero-order valence-corrected chi connectivity index (χ0v) is 14.5. The normalized spacial score (nSPS) is 11.8. The van der Waals surface area contributed by atoms with E-state index in [1.807, 2.05) is 30.3 Å². The van der Waals surface area contributed by atoms with Crippen LogP contribution in [-0.2, 0) is 0 Å². The fourth-order valence-corrected chi connectivity index (χ4v) is 2.87. The van der Waals surface area contributed by atoms with Crippen LogP contribution in [0.5, 0.6) is 0 Å². The van der Waals surface area contributed by atoms with E-state index in [1.54, 1.807) is 12.3 Å². The Morgan fingerprint density at radius 2 is 1.75 bits per heavy atom. The molecule has 6 nitrogen and oxygen atoms in total. The van der Waals surface area contributed by atoms with Crippen molar-refractivity contribution in [2.24, 2.45) is 0 Å². The molecule has 6 heteroatoms. The summed E-state index contributed by atoms with van der Waals surface area (Å²) < 4.78 is 0. The zero-order chi connectivity index (χ0) is 20.1. The van der Waals surface area contributed by atoms with Gasteiger partial charge in [-0.1, -0.05) is 30.3 Å². The molecule has 1 aromatic heterocycles. The van der Waals surface area contributed by atoms with Crippen LogP contribution in [0.1, 0.15) is 21.5 Å². The SMILES string of the molecule is [C-]#[N+]/C(C#N)=C(/C(C#N)=C/c1c[nH]c2ccccc12)c1ccc(C(=O)O)cc1. The molecule has 0 aliphatic rings. The van der Waals surface area contributed by atoms with Crippen molar-refractivity contribution in [1.82, 2.24) is 4.98 Å². The number of hydrogen-bond donors (Lipinski definition) is 2. The fourth-order valence-electron chi connectivity index (χ4n) is 2.87. The van der Waals surface area contributed by atoms with Gasteiger partial charge in [-0.05, 0) is 29.8 Å². The number of carbonyl (C=O) groups is 1. The molecule has 0 spiro atoms. The standard InChI is InChI=1S/C22H12N4O2/c1-25-20(12-24)21(14-6-8-15(9-7-14)22(27)28)16(11-23)10-17-13-26-19-5-3-2-4-18(17)19/h2-10,13,26H,(H,27,28)/b16-10+,21-20+. The summed E-state index contributed by atoms with van der Waals surface area (Å²) >= 11 is 0. The number of benzene rings is 2. The van der Waals surface area contributed by atoms with Gasteiger partial charge >= 0.3 is 5.97 Å². The first-order chi connectivity index (χ1) is 13.6. The van der Waals surface area contributed by atoms with Crippen molar-refractivity contribution in [2.75, 3.05) is 0 Å². The lowest BCUT2D eigenvalue weighted by atomic mass is 9.94. The molecule has 3 rings (SSSR count). The number of rotatable bonds is 4. The van der Waals surface area contributed by atoms with E-state index < -0.39 is 5.97 Å². The molecule has 3 aromatic rings. The van der Waals surface area contributed by atoms with E-state index in [0.29, 0.717) is 5.56 Å². The molecule has 0 saturated carbocycles. The lowest BCUT2D eigenvalue weighted by Crippen LogP contribution is -1.97. The van der Waals surface area contributed by atoms with Crippen molar-refractivity contribution in [3.8, 4) is 12.1 Å². The first kappa shape index (κ1) is 18.2. The summed E-state index contributed by atoms with van der Waals surface area (Å²) in [5, 5.41) is 29.1. The number of para-hydroxylation sites is 1. The smallest absolute Gasteiger partial charge is 0.335 e. The van der Waals surface area contributed by atoms with Crippen LogP contribution in [0.25, 0.3) is 27.4 Å². The average molecular weight is 364 g/mol. The number of nitriles is 2. The molecule has 0 bridgehead atoms. The van der Waals surface area contributed by atoms with Gasteiger partial charge in [-0.25, -0.2) is 14.9 Å². The Kier molecular flexibility index (Phi) is 5.03. The maximum atomic E-state index is 11.1. The van der Waals surface area contributed by atoms with E-state index in [2.05, 4.69) is 15.9 Å². The van der Waals surface area contributed by atoms with Gasteiger partial charge in [0.05, 0.1) is 29.8 Å². The molecule has 0 atom stereocenters. The van der Waals surface area contributed by atoms with Gasteiger partial charge in [-0.3, -0.25) is 0 Å². The molecule has 0 fully saturated rings. The third-order valence-electron chi connectivity index (χ3n) is 4.19. The number of allylic oxidation sites excluding steroid dienone is 3. The number of hydrogen-bond acceptors (Lipinski definition) is 3. The third-order valence-corrected chi connectivity index (χ3v) is 4.19. The van der Waals surface area contributed by atoms with Gasteiger partial charge in [0.2, 0.25) is 0 Å². The van der Waals surface area contributed by atoms with Crippen molar-refractivity contribution >= 4 is 28.5 Å². The molecule has 0 aliphatic heterocycles. The quantitative estimate of drug-likeness (QED) is 0.400. The predicted octanol–water partition coefficient (Wildman–Crippen LogP) is 4.63. The van der Waals surface area contributed by atoms with Gasteiger partial charge < -0.3 is 10.1 Å². The maximum Gasteiger partial charge on any atom is 0.335 e. The van der Waals surface area contributed by atoms with E-state index in [0.717, 1.165) is 16.5 Å². The highest BCUT2D eigenvalue weighted by Gasteiger charge is 2.16. The number of aromatic nitrogens is 1. The van der Waals surface area contributed by atoms with Crippen LogP contribution in [0.2, 0.25) is 0 Å². The predicted molar refractivity (Wildman–Crippen MR) is 104 cm³/mol. The van der Waals surface area contributed by atoms with Crippen molar-refractivity contribution in [3.05, 3.63) is 94.1 Å². The van der Waals surface area contributed by atoms with Gasteiger partial charge in [0, 0.05) is 28.2 Å². The van der Waals surface area contributed by atoms with Gasteiger partial charge in [-0.15, -0.1) is 0 Å². The molecule has 2 N–H and O–H groups in total. The van der Waals surface area contributed by atoms with Crippen molar-refractivity contribution < 1.29 is 9.90 Å². The summed E-state index contributed by atoms with van der Waals surface area (Å²) in [5.74, 6) is -1.09. The summed E-state index contributed by atoms with van der Waals surface area (Å²) in [4.78, 5) is 17.4. The van der Waals surface area contributed by atoms with Crippen LogP contribution in [0.15, 0.2) is 66.0 Å². The molecular weight excluding hydrogens is 352 g/mol. The number of nitrogens with one attached hydrogen (secondary N) is 1. The summed E-state index contributed by atoms with van der Waals surface area (Å²) in [6.07, 6.45) is 3.36. The summed E-state index contributed by atoms with van der Waals surface area (Å²) in [6.45, 7) is 7.31. The molecule has 2 aromatic carbocycles. The monoisotopic (exact) mass is 364 g/mol. The van der Waals surface area contributed by atoms with Gasteiger partial charge in [-0.2, -0.15) is 5.26 Å². The Balaban J connectivity index is 2.21. The summed E-state index contributed by atoms with van der Waals surface area (Å²) in [7, 11) is 0. The van der Waals surface area contributed by atoms with Crippen LogP contribution in [0, 0.1) is 29.2 Å². The molecule has 0 radical (unpaired) electrons. The molecular formula is C22H12N4O2. The number of fused-ring (bicyclic) bond motifs is 1. The second kappa shape index (κ2) is 7.74. The van der Waals surface area contributed by atoms with Gasteiger partial charge in [0.25, 0.3) is 5.70 Å². The number of aromatic amines is 1. The third kappa shape index (κ3) is 3.37. The Hall–Kier alpha value is -4.60. The van der Waals surface area contributed by atoms with E-state index in [1.165, 1.54) is 24.3 Å². The van der Waals surface area contributed by atoms with E-state index in [4.69, 9.17) is 11.7 Å².